The molecule has 1 saturated carbocycles. The average molecular weight is 241 g/mol. The van der Waals surface area contributed by atoms with Crippen LogP contribution in [0.5, 0.6) is 0 Å². The summed E-state index contributed by atoms with van der Waals surface area (Å²) in [5, 5.41) is 0. The summed E-state index contributed by atoms with van der Waals surface area (Å²) < 4.78 is 4.97. The van der Waals surface area contributed by atoms with E-state index < -0.39 is 0 Å². The van der Waals surface area contributed by atoms with Gasteiger partial charge in [0.15, 0.2) is 0 Å². The number of rotatable bonds is 9. The summed E-state index contributed by atoms with van der Waals surface area (Å²) in [7, 11) is 1.48. The van der Waals surface area contributed by atoms with Gasteiger partial charge >= 0.3 is 5.97 Å². The monoisotopic (exact) mass is 241 g/mol. The van der Waals surface area contributed by atoms with E-state index in [2.05, 4.69) is 6.92 Å². The zero-order valence-electron chi connectivity index (χ0n) is 11.3. The fourth-order valence-corrected chi connectivity index (χ4v) is 2.71. The van der Waals surface area contributed by atoms with Crippen LogP contribution in [-0.4, -0.2) is 19.6 Å². The Labute approximate surface area is 105 Å². The number of nitrogens with two attached hydrogens (primary N) is 1. The van der Waals surface area contributed by atoms with E-state index in [1.807, 2.05) is 0 Å². The zero-order chi connectivity index (χ0) is 12.7. The Hall–Kier alpha value is -0.570. The van der Waals surface area contributed by atoms with Gasteiger partial charge < -0.3 is 10.5 Å². The highest BCUT2D eigenvalue weighted by atomic mass is 16.5. The number of carbonyl (C=O) groups excluding carboxylic acids is 1. The van der Waals surface area contributed by atoms with Crippen LogP contribution in [0.25, 0.3) is 0 Å². The highest BCUT2D eigenvalue weighted by molar-refractivity contribution is 5.78. The van der Waals surface area contributed by atoms with Gasteiger partial charge in [-0.25, -0.2) is 0 Å². The first-order valence-electron chi connectivity index (χ1n) is 6.99. The van der Waals surface area contributed by atoms with Gasteiger partial charge in [0.25, 0.3) is 0 Å². The first-order valence-corrected chi connectivity index (χ1v) is 6.99. The third kappa shape index (κ3) is 3.70. The molecule has 3 nitrogen and oxygen atoms in total. The molecule has 0 aliphatic heterocycles. The van der Waals surface area contributed by atoms with E-state index in [0.717, 1.165) is 25.7 Å². The van der Waals surface area contributed by atoms with E-state index in [9.17, 15) is 4.79 Å². The van der Waals surface area contributed by atoms with Gasteiger partial charge in [0.05, 0.1) is 12.5 Å². The lowest BCUT2D eigenvalue weighted by molar-refractivity contribution is -0.154. The van der Waals surface area contributed by atoms with Crippen LogP contribution in [0.1, 0.15) is 58.3 Å². The molecule has 100 valence electrons. The van der Waals surface area contributed by atoms with Crippen molar-refractivity contribution in [3.8, 4) is 0 Å². The first kappa shape index (κ1) is 14.5. The van der Waals surface area contributed by atoms with Gasteiger partial charge in [-0.1, -0.05) is 39.0 Å². The number of hydrogen-bond acceptors (Lipinski definition) is 3. The number of hydrogen-bond donors (Lipinski definition) is 1. The molecule has 1 aliphatic carbocycles. The Morgan fingerprint density at radius 2 is 1.94 bits per heavy atom. The van der Waals surface area contributed by atoms with Crippen molar-refractivity contribution in [2.45, 2.75) is 58.3 Å². The van der Waals surface area contributed by atoms with Crippen LogP contribution in [0, 0.1) is 11.3 Å². The lowest BCUT2D eigenvalue weighted by Gasteiger charge is -2.29. The Kier molecular flexibility index (Phi) is 5.96. The number of esters is 1. The van der Waals surface area contributed by atoms with Crippen molar-refractivity contribution in [2.75, 3.05) is 13.7 Å². The second-order valence-corrected chi connectivity index (χ2v) is 5.29. The molecule has 0 saturated heterocycles. The number of unbranched alkanes of at least 4 members (excludes halogenated alkanes) is 4. The van der Waals surface area contributed by atoms with Crippen LogP contribution >= 0.6 is 0 Å². The number of carbonyl (C=O) groups is 1. The average Bonchev–Trinajstić information content (AvgIpc) is 3.18. The van der Waals surface area contributed by atoms with Gasteiger partial charge in [0.2, 0.25) is 0 Å². The SMILES string of the molecule is CCCCCCCC(CN)(C(=O)OC)C1CC1. The molecule has 1 aliphatic rings. The van der Waals surface area contributed by atoms with Crippen molar-refractivity contribution < 1.29 is 9.53 Å². The van der Waals surface area contributed by atoms with E-state index in [1.54, 1.807) is 0 Å². The molecule has 3 heteroatoms. The maximum atomic E-state index is 12.0. The summed E-state index contributed by atoms with van der Waals surface area (Å²) >= 11 is 0. The van der Waals surface area contributed by atoms with Crippen LogP contribution in [0.4, 0.5) is 0 Å². The molecule has 0 heterocycles. The largest absolute Gasteiger partial charge is 0.469 e. The van der Waals surface area contributed by atoms with Crippen molar-refractivity contribution in [3.05, 3.63) is 0 Å². The minimum atomic E-state index is -0.374. The second kappa shape index (κ2) is 7.00. The molecule has 0 radical (unpaired) electrons. The number of methoxy groups -OCH3 is 1. The van der Waals surface area contributed by atoms with Crippen molar-refractivity contribution >= 4 is 5.97 Å². The van der Waals surface area contributed by atoms with Gasteiger partial charge in [-0.15, -0.1) is 0 Å². The molecule has 0 aromatic heterocycles. The topological polar surface area (TPSA) is 52.3 Å². The maximum absolute atomic E-state index is 12.0. The van der Waals surface area contributed by atoms with Crippen LogP contribution in [0.2, 0.25) is 0 Å². The Balaban J connectivity index is 2.43. The van der Waals surface area contributed by atoms with Crippen molar-refractivity contribution in [1.29, 1.82) is 0 Å². The summed E-state index contributed by atoms with van der Waals surface area (Å²) in [6.07, 6.45) is 9.30. The summed E-state index contributed by atoms with van der Waals surface area (Å²) in [4.78, 5) is 12.0. The Morgan fingerprint density at radius 3 is 2.41 bits per heavy atom. The maximum Gasteiger partial charge on any atom is 0.313 e. The molecule has 0 aromatic rings. The molecule has 0 bridgehead atoms. The van der Waals surface area contributed by atoms with Crippen LogP contribution in [-0.2, 0) is 9.53 Å². The smallest absolute Gasteiger partial charge is 0.313 e. The minimum absolute atomic E-state index is 0.0852. The summed E-state index contributed by atoms with van der Waals surface area (Å²) in [6.45, 7) is 2.65. The second-order valence-electron chi connectivity index (χ2n) is 5.29. The normalized spacial score (nSPS) is 18.8. The van der Waals surface area contributed by atoms with Crippen LogP contribution in [0.3, 0.4) is 0 Å². The first-order chi connectivity index (χ1) is 8.21. The molecule has 0 spiro atoms. The molecule has 1 atom stereocenters. The lowest BCUT2D eigenvalue weighted by atomic mass is 9.77. The van der Waals surface area contributed by atoms with E-state index >= 15 is 0 Å². The van der Waals surface area contributed by atoms with Crippen LogP contribution in [0.15, 0.2) is 0 Å². The van der Waals surface area contributed by atoms with Crippen molar-refractivity contribution in [1.82, 2.24) is 0 Å². The number of ether oxygens (including phenoxy) is 1. The molecule has 2 N–H and O–H groups in total. The standard InChI is InChI=1S/C14H27NO2/c1-3-4-5-6-7-10-14(11-15,12-8-9-12)13(16)17-2/h12H,3-11,15H2,1-2H3. The van der Waals surface area contributed by atoms with E-state index in [1.165, 1.54) is 32.8 Å². The molecule has 17 heavy (non-hydrogen) atoms. The van der Waals surface area contributed by atoms with Gasteiger partial charge in [-0.3, -0.25) is 4.79 Å². The van der Waals surface area contributed by atoms with Gasteiger partial charge in [0, 0.05) is 6.54 Å². The minimum Gasteiger partial charge on any atom is -0.469 e. The van der Waals surface area contributed by atoms with Gasteiger partial charge in [-0.2, -0.15) is 0 Å². The highest BCUT2D eigenvalue weighted by Crippen LogP contribution is 2.48. The summed E-state index contributed by atoms with van der Waals surface area (Å²) in [5.41, 5.74) is 5.49. The predicted octanol–water partition coefficient (Wildman–Crippen LogP) is 2.88. The molecular formula is C14H27NO2. The molecule has 1 fully saturated rings. The molecule has 1 rings (SSSR count). The van der Waals surface area contributed by atoms with E-state index in [-0.39, 0.29) is 11.4 Å². The quantitative estimate of drug-likeness (QED) is 0.499. The third-order valence-corrected chi connectivity index (χ3v) is 4.04. The molecule has 0 amide bonds. The summed E-state index contributed by atoms with van der Waals surface area (Å²) in [5.74, 6) is 0.393. The molecular weight excluding hydrogens is 214 g/mol. The molecule has 0 aromatic carbocycles. The predicted molar refractivity (Wildman–Crippen MR) is 69.6 cm³/mol. The van der Waals surface area contributed by atoms with Crippen molar-refractivity contribution in [2.24, 2.45) is 17.1 Å². The Morgan fingerprint density at radius 1 is 1.29 bits per heavy atom. The highest BCUT2D eigenvalue weighted by Gasteiger charge is 2.50. The lowest BCUT2D eigenvalue weighted by Crippen LogP contribution is -2.41. The third-order valence-electron chi connectivity index (χ3n) is 4.04. The van der Waals surface area contributed by atoms with Gasteiger partial charge in [-0.05, 0) is 25.2 Å². The van der Waals surface area contributed by atoms with Gasteiger partial charge in [0.1, 0.15) is 0 Å². The fraction of sp³-hybridized carbons (Fsp3) is 0.929. The van der Waals surface area contributed by atoms with E-state index in [0.29, 0.717) is 12.5 Å². The van der Waals surface area contributed by atoms with Crippen molar-refractivity contribution in [3.63, 3.8) is 0 Å². The Bertz CT molecular complexity index is 238. The summed E-state index contributed by atoms with van der Waals surface area (Å²) in [6, 6.07) is 0. The van der Waals surface area contributed by atoms with Crippen LogP contribution < -0.4 is 5.73 Å². The van der Waals surface area contributed by atoms with E-state index in [4.69, 9.17) is 10.5 Å². The fourth-order valence-electron chi connectivity index (χ4n) is 2.71. The zero-order valence-corrected chi connectivity index (χ0v) is 11.3. The molecule has 1 unspecified atom stereocenters.